The molecule has 5 nitrogen and oxygen atoms in total. The van der Waals surface area contributed by atoms with Crippen molar-refractivity contribution in [1.82, 2.24) is 5.32 Å². The predicted molar refractivity (Wildman–Crippen MR) is 45.5 cm³/mol. The van der Waals surface area contributed by atoms with Crippen molar-refractivity contribution in [3.05, 3.63) is 0 Å². The van der Waals surface area contributed by atoms with E-state index in [-0.39, 0.29) is 13.0 Å². The molecule has 0 bridgehead atoms. The van der Waals surface area contributed by atoms with E-state index in [2.05, 4.69) is 5.32 Å². The van der Waals surface area contributed by atoms with Gasteiger partial charge >= 0.3 is 0 Å². The van der Waals surface area contributed by atoms with E-state index >= 15 is 0 Å². The topological polar surface area (TPSA) is 76.7 Å². The first kappa shape index (κ1) is 11.8. The van der Waals surface area contributed by atoms with Crippen molar-refractivity contribution in [2.24, 2.45) is 5.73 Å². The van der Waals surface area contributed by atoms with Gasteiger partial charge in [0.25, 0.3) is 0 Å². The second kappa shape index (κ2) is 5.45. The minimum atomic E-state index is -0.974. The van der Waals surface area contributed by atoms with Gasteiger partial charge in [-0.25, -0.2) is 0 Å². The van der Waals surface area contributed by atoms with E-state index in [0.29, 0.717) is 0 Å². The van der Waals surface area contributed by atoms with Crippen LogP contribution in [0.5, 0.6) is 0 Å². The Bertz CT molecular complexity index is 117. The lowest BCUT2D eigenvalue weighted by atomic mass is 10.2. The van der Waals surface area contributed by atoms with Crippen LogP contribution in [0.15, 0.2) is 0 Å². The number of nitrogens with one attached hydrogen (secondary N) is 1. The first-order valence-electron chi connectivity index (χ1n) is 3.78. The van der Waals surface area contributed by atoms with Crippen LogP contribution >= 0.6 is 0 Å². The highest BCUT2D eigenvalue weighted by Crippen LogP contribution is 2.06. The van der Waals surface area contributed by atoms with Crippen LogP contribution in [0.1, 0.15) is 6.42 Å². The highest BCUT2D eigenvalue weighted by Gasteiger charge is 2.25. The third-order valence-electron chi connectivity index (χ3n) is 1.69. The Morgan fingerprint density at radius 3 is 2.50 bits per heavy atom. The number of hydrogen-bond donors (Lipinski definition) is 3. The third-order valence-corrected chi connectivity index (χ3v) is 1.69. The zero-order valence-electron chi connectivity index (χ0n) is 7.83. The SMILES string of the molecule is CNC(N)(CC(O)COC)OC. The van der Waals surface area contributed by atoms with Gasteiger partial charge in [0.2, 0.25) is 0 Å². The van der Waals surface area contributed by atoms with Crippen molar-refractivity contribution in [2.75, 3.05) is 27.9 Å². The normalized spacial score (nSPS) is 18.8. The van der Waals surface area contributed by atoms with E-state index in [1.807, 2.05) is 0 Å². The second-order valence-corrected chi connectivity index (χ2v) is 2.66. The fourth-order valence-corrected chi connectivity index (χ4v) is 0.889. The van der Waals surface area contributed by atoms with Crippen molar-refractivity contribution in [2.45, 2.75) is 18.4 Å². The van der Waals surface area contributed by atoms with Crippen LogP contribution in [0.3, 0.4) is 0 Å². The van der Waals surface area contributed by atoms with E-state index in [1.54, 1.807) is 7.05 Å². The number of methoxy groups -OCH3 is 2. The molecule has 0 radical (unpaired) electrons. The molecule has 0 fully saturated rings. The minimum Gasteiger partial charge on any atom is -0.390 e. The van der Waals surface area contributed by atoms with Gasteiger partial charge in [-0.15, -0.1) is 0 Å². The first-order chi connectivity index (χ1) is 5.58. The zero-order valence-corrected chi connectivity index (χ0v) is 7.83. The van der Waals surface area contributed by atoms with Gasteiger partial charge in [-0.05, 0) is 7.05 Å². The van der Waals surface area contributed by atoms with Gasteiger partial charge in [-0.1, -0.05) is 0 Å². The molecule has 4 N–H and O–H groups in total. The van der Waals surface area contributed by atoms with Crippen LogP contribution < -0.4 is 11.1 Å². The Morgan fingerprint density at radius 2 is 2.17 bits per heavy atom. The lowest BCUT2D eigenvalue weighted by Crippen LogP contribution is -2.55. The van der Waals surface area contributed by atoms with Gasteiger partial charge in [0, 0.05) is 20.6 Å². The summed E-state index contributed by atoms with van der Waals surface area (Å²) in [5, 5.41) is 12.1. The predicted octanol–water partition coefficient (Wildman–Crippen LogP) is -1.14. The van der Waals surface area contributed by atoms with Crippen LogP contribution in [0, 0.1) is 0 Å². The molecule has 0 aliphatic rings. The maximum atomic E-state index is 9.32. The number of ether oxygens (including phenoxy) is 2. The monoisotopic (exact) mass is 178 g/mol. The zero-order chi connectivity index (χ0) is 9.61. The minimum absolute atomic E-state index is 0.254. The molecule has 0 aromatic rings. The highest BCUT2D eigenvalue weighted by molar-refractivity contribution is 4.72. The Morgan fingerprint density at radius 1 is 1.58 bits per heavy atom. The number of aliphatic hydroxyl groups is 1. The van der Waals surface area contributed by atoms with E-state index in [4.69, 9.17) is 15.2 Å². The molecule has 0 heterocycles. The van der Waals surface area contributed by atoms with Crippen LogP contribution in [0.2, 0.25) is 0 Å². The Labute approximate surface area is 72.8 Å². The molecule has 2 atom stereocenters. The fraction of sp³-hybridized carbons (Fsp3) is 1.00. The van der Waals surface area contributed by atoms with Gasteiger partial charge < -0.3 is 14.6 Å². The van der Waals surface area contributed by atoms with Crippen LogP contribution in [-0.4, -0.2) is 44.9 Å². The second-order valence-electron chi connectivity index (χ2n) is 2.66. The van der Waals surface area contributed by atoms with E-state index in [1.165, 1.54) is 14.2 Å². The summed E-state index contributed by atoms with van der Waals surface area (Å²) in [5.41, 5.74) is 5.68. The maximum absolute atomic E-state index is 9.32. The average molecular weight is 178 g/mol. The molecule has 0 saturated carbocycles. The Balaban J connectivity index is 3.84. The number of hydrogen-bond acceptors (Lipinski definition) is 5. The molecule has 0 saturated heterocycles. The highest BCUT2D eigenvalue weighted by atomic mass is 16.5. The van der Waals surface area contributed by atoms with E-state index in [9.17, 15) is 5.11 Å². The third kappa shape index (κ3) is 3.99. The Hall–Kier alpha value is -0.200. The van der Waals surface area contributed by atoms with Gasteiger partial charge in [0.15, 0.2) is 5.85 Å². The average Bonchev–Trinajstić information content (AvgIpc) is 2.05. The summed E-state index contributed by atoms with van der Waals surface area (Å²) in [5.74, 6) is -0.974. The van der Waals surface area contributed by atoms with Crippen molar-refractivity contribution in [3.63, 3.8) is 0 Å². The number of nitrogens with two attached hydrogens (primary N) is 1. The summed E-state index contributed by atoms with van der Waals surface area (Å²) in [6.45, 7) is 0.254. The van der Waals surface area contributed by atoms with Crippen LogP contribution in [0.4, 0.5) is 0 Å². The molecular formula is C7H18N2O3. The summed E-state index contributed by atoms with van der Waals surface area (Å²) in [7, 11) is 4.67. The smallest absolute Gasteiger partial charge is 0.174 e. The molecule has 0 aliphatic carbocycles. The van der Waals surface area contributed by atoms with Gasteiger partial charge in [0.1, 0.15) is 0 Å². The van der Waals surface area contributed by atoms with Crippen molar-refractivity contribution < 1.29 is 14.6 Å². The number of aliphatic hydroxyl groups excluding tert-OH is 1. The molecule has 12 heavy (non-hydrogen) atoms. The summed E-state index contributed by atoms with van der Waals surface area (Å²) >= 11 is 0. The van der Waals surface area contributed by atoms with Crippen molar-refractivity contribution >= 4 is 0 Å². The quantitative estimate of drug-likeness (QED) is 0.448. The largest absolute Gasteiger partial charge is 0.390 e. The van der Waals surface area contributed by atoms with Crippen LogP contribution in [0.25, 0.3) is 0 Å². The summed E-state index contributed by atoms with van der Waals surface area (Å²) in [6.07, 6.45) is -0.333. The molecule has 74 valence electrons. The van der Waals surface area contributed by atoms with Gasteiger partial charge in [-0.2, -0.15) is 0 Å². The lowest BCUT2D eigenvalue weighted by molar-refractivity contribution is -0.0738. The van der Waals surface area contributed by atoms with E-state index < -0.39 is 12.0 Å². The van der Waals surface area contributed by atoms with Crippen molar-refractivity contribution in [3.8, 4) is 0 Å². The van der Waals surface area contributed by atoms with E-state index in [0.717, 1.165) is 0 Å². The summed E-state index contributed by atoms with van der Waals surface area (Å²) < 4.78 is 9.70. The maximum Gasteiger partial charge on any atom is 0.174 e. The lowest BCUT2D eigenvalue weighted by Gasteiger charge is -2.29. The van der Waals surface area contributed by atoms with Gasteiger partial charge in [-0.3, -0.25) is 11.1 Å². The summed E-state index contributed by atoms with van der Waals surface area (Å²) in [6, 6.07) is 0. The molecule has 0 amide bonds. The molecule has 2 unspecified atom stereocenters. The molecule has 0 spiro atoms. The molecule has 5 heteroatoms. The van der Waals surface area contributed by atoms with Crippen molar-refractivity contribution in [1.29, 1.82) is 0 Å². The van der Waals surface area contributed by atoms with Crippen LogP contribution in [-0.2, 0) is 9.47 Å². The molecule has 0 aromatic heterocycles. The molecule has 0 aromatic carbocycles. The fourth-order valence-electron chi connectivity index (χ4n) is 0.889. The number of rotatable bonds is 6. The molecule has 0 rings (SSSR count). The molecular weight excluding hydrogens is 160 g/mol. The first-order valence-corrected chi connectivity index (χ1v) is 3.78. The summed E-state index contributed by atoms with van der Waals surface area (Å²) in [4.78, 5) is 0. The standard InChI is InChI=1S/C7H18N2O3/c1-9-7(8,12-3)4-6(10)5-11-2/h6,9-10H,4-5,8H2,1-3H3. The molecule has 0 aliphatic heterocycles. The van der Waals surface area contributed by atoms with Gasteiger partial charge in [0.05, 0.1) is 12.7 Å². The Kier molecular flexibility index (Phi) is 5.36.